The molecule has 3 N–H and O–H groups in total. The third kappa shape index (κ3) is 5.84. The van der Waals surface area contributed by atoms with Crippen LogP contribution in [0.25, 0.3) is 0 Å². The van der Waals surface area contributed by atoms with Gasteiger partial charge in [-0.2, -0.15) is 0 Å². The smallest absolute Gasteiger partial charge is 0.258 e. The predicted octanol–water partition coefficient (Wildman–Crippen LogP) is 5.05. The molecule has 0 atom stereocenters. The summed E-state index contributed by atoms with van der Waals surface area (Å²) in [7, 11) is 0. The monoisotopic (exact) mass is 425 g/mol. The topological polar surface area (TPSA) is 53.2 Å². The summed E-state index contributed by atoms with van der Waals surface area (Å²) < 4.78 is 26.7. The molecule has 0 fully saturated rings. The number of halogens is 2. The lowest BCUT2D eigenvalue weighted by molar-refractivity contribution is 0.102. The first-order valence-electron chi connectivity index (χ1n) is 9.38. The summed E-state index contributed by atoms with van der Waals surface area (Å²) in [5, 5.41) is 9.38. The second kappa shape index (κ2) is 9.93. The quantitative estimate of drug-likeness (QED) is 0.484. The highest BCUT2D eigenvalue weighted by Crippen LogP contribution is 2.20. The van der Waals surface area contributed by atoms with Gasteiger partial charge < -0.3 is 16.0 Å². The Morgan fingerprint density at radius 1 is 0.967 bits per heavy atom. The van der Waals surface area contributed by atoms with Gasteiger partial charge in [0.1, 0.15) is 11.6 Å². The molecular weight excluding hydrogens is 404 g/mol. The normalized spacial score (nSPS) is 10.4. The highest BCUT2D eigenvalue weighted by atomic mass is 32.1. The molecule has 0 radical (unpaired) electrons. The van der Waals surface area contributed by atoms with Crippen molar-refractivity contribution in [2.45, 2.75) is 13.3 Å². The number of thiocarbonyl (C=S) groups is 1. The van der Waals surface area contributed by atoms with Gasteiger partial charge in [-0.25, -0.2) is 8.78 Å². The molecule has 30 heavy (non-hydrogen) atoms. The summed E-state index contributed by atoms with van der Waals surface area (Å²) in [6.45, 7) is 2.48. The minimum atomic E-state index is -0.568. The Balaban J connectivity index is 1.53. The first kappa shape index (κ1) is 21.4. The second-order valence-corrected chi connectivity index (χ2v) is 7.13. The standard InChI is InChI=1S/C23H21F2N3OS/c1-15-14-18(27-22(29)19-4-2-3-5-20(19)25)10-11-21(15)28-23(30)26-13-12-16-6-8-17(24)9-7-16/h2-11,14H,12-13H2,1H3,(H,27,29)(H2,26,28,30). The molecule has 0 heterocycles. The van der Waals surface area contributed by atoms with Crippen LogP contribution in [0.1, 0.15) is 21.5 Å². The van der Waals surface area contributed by atoms with Crippen molar-refractivity contribution in [2.24, 2.45) is 0 Å². The third-order valence-electron chi connectivity index (χ3n) is 4.46. The van der Waals surface area contributed by atoms with Crippen LogP contribution in [0.5, 0.6) is 0 Å². The van der Waals surface area contributed by atoms with Crippen LogP contribution < -0.4 is 16.0 Å². The van der Waals surface area contributed by atoms with Gasteiger partial charge in [-0.05, 0) is 79.2 Å². The Morgan fingerprint density at radius 3 is 2.40 bits per heavy atom. The van der Waals surface area contributed by atoms with E-state index in [0.29, 0.717) is 23.8 Å². The molecule has 0 aliphatic heterocycles. The number of hydrogen-bond donors (Lipinski definition) is 3. The van der Waals surface area contributed by atoms with Crippen LogP contribution in [0.2, 0.25) is 0 Å². The van der Waals surface area contributed by atoms with Crippen LogP contribution in [0.3, 0.4) is 0 Å². The summed E-state index contributed by atoms with van der Waals surface area (Å²) in [5.41, 5.74) is 3.21. The Labute approximate surface area is 179 Å². The van der Waals surface area contributed by atoms with E-state index in [0.717, 1.165) is 16.8 Å². The number of benzene rings is 3. The zero-order chi connectivity index (χ0) is 21.5. The molecule has 0 saturated heterocycles. The highest BCUT2D eigenvalue weighted by molar-refractivity contribution is 7.80. The molecule has 0 saturated carbocycles. The van der Waals surface area contributed by atoms with Crippen molar-refractivity contribution < 1.29 is 13.6 Å². The Kier molecular flexibility index (Phi) is 7.08. The highest BCUT2D eigenvalue weighted by Gasteiger charge is 2.11. The van der Waals surface area contributed by atoms with Crippen molar-refractivity contribution in [3.8, 4) is 0 Å². The molecule has 0 unspecified atom stereocenters. The number of aryl methyl sites for hydroxylation is 1. The lowest BCUT2D eigenvalue weighted by Crippen LogP contribution is -2.30. The van der Waals surface area contributed by atoms with E-state index < -0.39 is 11.7 Å². The zero-order valence-electron chi connectivity index (χ0n) is 16.3. The molecule has 0 bridgehead atoms. The Morgan fingerprint density at radius 2 is 1.70 bits per heavy atom. The Bertz CT molecular complexity index is 1050. The van der Waals surface area contributed by atoms with Crippen LogP contribution in [0, 0.1) is 18.6 Å². The summed E-state index contributed by atoms with van der Waals surface area (Å²) in [4.78, 5) is 12.2. The van der Waals surface area contributed by atoms with Gasteiger partial charge in [0, 0.05) is 17.9 Å². The number of carbonyl (C=O) groups excluding carboxylic acids is 1. The molecule has 0 aromatic heterocycles. The molecule has 154 valence electrons. The van der Waals surface area contributed by atoms with Gasteiger partial charge in [-0.1, -0.05) is 24.3 Å². The van der Waals surface area contributed by atoms with E-state index in [1.807, 2.05) is 6.92 Å². The summed E-state index contributed by atoms with van der Waals surface area (Å²) in [6, 6.07) is 17.5. The van der Waals surface area contributed by atoms with Crippen LogP contribution in [-0.2, 0) is 6.42 Å². The fourth-order valence-corrected chi connectivity index (χ4v) is 3.08. The summed E-state index contributed by atoms with van der Waals surface area (Å²) in [5.74, 6) is -1.33. The van der Waals surface area contributed by atoms with Crippen LogP contribution in [0.4, 0.5) is 20.2 Å². The van der Waals surface area contributed by atoms with Crippen LogP contribution in [0.15, 0.2) is 66.7 Å². The number of anilines is 2. The maximum Gasteiger partial charge on any atom is 0.258 e. The van der Waals surface area contributed by atoms with Crippen LogP contribution >= 0.6 is 12.2 Å². The molecule has 0 spiro atoms. The van der Waals surface area contributed by atoms with Gasteiger partial charge in [0.05, 0.1) is 5.56 Å². The maximum atomic E-state index is 13.7. The van der Waals surface area contributed by atoms with Gasteiger partial charge in [0.25, 0.3) is 5.91 Å². The molecule has 3 aromatic rings. The first-order chi connectivity index (χ1) is 14.4. The average Bonchev–Trinajstić information content (AvgIpc) is 2.72. The third-order valence-corrected chi connectivity index (χ3v) is 4.71. The van der Waals surface area contributed by atoms with E-state index in [1.165, 1.54) is 30.3 Å². The average molecular weight is 426 g/mol. The zero-order valence-corrected chi connectivity index (χ0v) is 17.2. The largest absolute Gasteiger partial charge is 0.362 e. The van der Waals surface area contributed by atoms with Gasteiger partial charge in [0.15, 0.2) is 5.11 Å². The van der Waals surface area contributed by atoms with Gasteiger partial charge in [0.2, 0.25) is 0 Å². The summed E-state index contributed by atoms with van der Waals surface area (Å²) >= 11 is 5.32. The Hall–Kier alpha value is -3.32. The van der Waals surface area contributed by atoms with Crippen molar-refractivity contribution in [3.63, 3.8) is 0 Å². The minimum absolute atomic E-state index is 0.0103. The number of nitrogens with one attached hydrogen (secondary N) is 3. The molecule has 4 nitrogen and oxygen atoms in total. The van der Waals surface area contributed by atoms with E-state index in [1.54, 1.807) is 36.4 Å². The van der Waals surface area contributed by atoms with Crippen molar-refractivity contribution >= 4 is 34.6 Å². The first-order valence-corrected chi connectivity index (χ1v) is 9.79. The molecule has 3 rings (SSSR count). The van der Waals surface area contributed by atoms with E-state index >= 15 is 0 Å². The lowest BCUT2D eigenvalue weighted by Gasteiger charge is -2.14. The summed E-state index contributed by atoms with van der Waals surface area (Å²) in [6.07, 6.45) is 0.710. The fourth-order valence-electron chi connectivity index (χ4n) is 2.86. The predicted molar refractivity (Wildman–Crippen MR) is 120 cm³/mol. The number of carbonyl (C=O) groups is 1. The van der Waals surface area contributed by atoms with E-state index in [2.05, 4.69) is 16.0 Å². The van der Waals surface area contributed by atoms with E-state index in [9.17, 15) is 13.6 Å². The van der Waals surface area contributed by atoms with Gasteiger partial charge in [-0.15, -0.1) is 0 Å². The van der Waals surface area contributed by atoms with Crippen molar-refractivity contribution in [1.82, 2.24) is 5.32 Å². The van der Waals surface area contributed by atoms with E-state index in [4.69, 9.17) is 12.2 Å². The lowest BCUT2D eigenvalue weighted by atomic mass is 10.1. The van der Waals surface area contributed by atoms with Crippen LogP contribution in [-0.4, -0.2) is 17.6 Å². The maximum absolute atomic E-state index is 13.7. The molecule has 3 aromatic carbocycles. The number of hydrogen-bond acceptors (Lipinski definition) is 2. The van der Waals surface area contributed by atoms with Gasteiger partial charge in [-0.3, -0.25) is 4.79 Å². The number of rotatable bonds is 6. The number of amides is 1. The van der Waals surface area contributed by atoms with Crippen molar-refractivity contribution in [3.05, 3.63) is 95.1 Å². The van der Waals surface area contributed by atoms with Crippen molar-refractivity contribution in [1.29, 1.82) is 0 Å². The molecule has 1 amide bonds. The molecule has 0 aliphatic carbocycles. The van der Waals surface area contributed by atoms with Crippen molar-refractivity contribution in [2.75, 3.05) is 17.2 Å². The molecular formula is C23H21F2N3OS. The molecule has 0 aliphatic rings. The fraction of sp³-hybridized carbons (Fsp3) is 0.130. The minimum Gasteiger partial charge on any atom is -0.362 e. The van der Waals surface area contributed by atoms with E-state index in [-0.39, 0.29) is 11.4 Å². The van der Waals surface area contributed by atoms with Gasteiger partial charge >= 0.3 is 0 Å². The SMILES string of the molecule is Cc1cc(NC(=O)c2ccccc2F)ccc1NC(=S)NCCc1ccc(F)cc1. The molecule has 7 heteroatoms. The second-order valence-electron chi connectivity index (χ2n) is 6.72.